The van der Waals surface area contributed by atoms with Crippen molar-refractivity contribution in [3.8, 4) is 17.1 Å². The number of nitrogens with two attached hydrogens (primary N) is 1. The van der Waals surface area contributed by atoms with Crippen LogP contribution in [-0.2, 0) is 0 Å². The Bertz CT molecular complexity index is 564. The summed E-state index contributed by atoms with van der Waals surface area (Å²) in [6.07, 6.45) is 0. The van der Waals surface area contributed by atoms with Crippen molar-refractivity contribution in [2.45, 2.75) is 13.8 Å². The van der Waals surface area contributed by atoms with E-state index in [9.17, 15) is 0 Å². The van der Waals surface area contributed by atoms with Crippen molar-refractivity contribution in [3.63, 3.8) is 0 Å². The maximum atomic E-state index is 6.22. The summed E-state index contributed by atoms with van der Waals surface area (Å²) in [5.41, 5.74) is 8.19. The molecule has 0 bridgehead atoms. The minimum atomic E-state index is 0.329. The fourth-order valence-corrected chi connectivity index (χ4v) is 2.34. The van der Waals surface area contributed by atoms with Gasteiger partial charge >= 0.3 is 0 Å². The molecule has 0 aliphatic carbocycles. The Labute approximate surface area is 104 Å². The van der Waals surface area contributed by atoms with Gasteiger partial charge < -0.3 is 15.0 Å². The van der Waals surface area contributed by atoms with Crippen LogP contribution >= 0.6 is 11.6 Å². The number of methoxy groups -OCH3 is 1. The minimum Gasteiger partial charge on any atom is -0.496 e. The zero-order chi connectivity index (χ0) is 12.6. The normalized spacial score (nSPS) is 10.6. The van der Waals surface area contributed by atoms with Gasteiger partial charge in [0, 0.05) is 17.2 Å². The van der Waals surface area contributed by atoms with Crippen LogP contribution in [0.15, 0.2) is 16.7 Å². The van der Waals surface area contributed by atoms with Crippen molar-refractivity contribution in [1.82, 2.24) is 5.16 Å². The molecule has 5 heteroatoms. The van der Waals surface area contributed by atoms with Crippen molar-refractivity contribution in [2.24, 2.45) is 0 Å². The van der Waals surface area contributed by atoms with Crippen LogP contribution in [0.25, 0.3) is 11.3 Å². The quantitative estimate of drug-likeness (QED) is 0.892. The van der Waals surface area contributed by atoms with E-state index in [4.69, 9.17) is 26.6 Å². The molecule has 0 aliphatic rings. The lowest BCUT2D eigenvalue weighted by Gasteiger charge is -2.13. The van der Waals surface area contributed by atoms with Gasteiger partial charge in [0.1, 0.15) is 5.75 Å². The molecule has 90 valence electrons. The Kier molecular flexibility index (Phi) is 2.98. The zero-order valence-electron chi connectivity index (χ0n) is 9.87. The molecule has 1 aromatic heterocycles. The molecule has 0 atom stereocenters. The highest BCUT2D eigenvalue weighted by molar-refractivity contribution is 6.33. The number of rotatable bonds is 2. The molecular formula is C12H13ClN2O2. The molecule has 1 aromatic carbocycles. The number of hydrogen-bond donors (Lipinski definition) is 1. The van der Waals surface area contributed by atoms with Crippen LogP contribution in [0.1, 0.15) is 11.1 Å². The van der Waals surface area contributed by atoms with Gasteiger partial charge in [-0.15, -0.1) is 0 Å². The van der Waals surface area contributed by atoms with Gasteiger partial charge in [-0.1, -0.05) is 16.8 Å². The van der Waals surface area contributed by atoms with E-state index >= 15 is 0 Å². The molecule has 2 rings (SSSR count). The highest BCUT2D eigenvalue weighted by atomic mass is 35.5. The third-order valence-corrected chi connectivity index (χ3v) is 2.93. The third-order valence-electron chi connectivity index (χ3n) is 2.63. The second-order valence-electron chi connectivity index (χ2n) is 3.82. The smallest absolute Gasteiger partial charge is 0.170 e. The molecule has 0 saturated heterocycles. The van der Waals surface area contributed by atoms with E-state index in [2.05, 4.69) is 5.16 Å². The molecule has 2 N–H and O–H groups in total. The van der Waals surface area contributed by atoms with Gasteiger partial charge in [-0.05, 0) is 25.5 Å². The Morgan fingerprint density at radius 3 is 2.59 bits per heavy atom. The Morgan fingerprint density at radius 2 is 2.06 bits per heavy atom. The minimum absolute atomic E-state index is 0.329. The summed E-state index contributed by atoms with van der Waals surface area (Å²) in [6.45, 7) is 3.86. The predicted octanol–water partition coefficient (Wildman–Crippen LogP) is 3.20. The average Bonchev–Trinajstić information content (AvgIpc) is 2.64. The van der Waals surface area contributed by atoms with E-state index in [1.54, 1.807) is 13.2 Å². The highest BCUT2D eigenvalue weighted by Gasteiger charge is 2.17. The van der Waals surface area contributed by atoms with Crippen LogP contribution in [0, 0.1) is 13.8 Å². The summed E-state index contributed by atoms with van der Waals surface area (Å²) >= 11 is 6.22. The van der Waals surface area contributed by atoms with Gasteiger partial charge in [0.15, 0.2) is 11.6 Å². The summed E-state index contributed by atoms with van der Waals surface area (Å²) in [6, 6.07) is 3.48. The van der Waals surface area contributed by atoms with Crippen molar-refractivity contribution >= 4 is 17.4 Å². The number of hydrogen-bond acceptors (Lipinski definition) is 4. The Balaban J connectivity index is 2.69. The first kappa shape index (κ1) is 11.8. The zero-order valence-corrected chi connectivity index (χ0v) is 10.6. The predicted molar refractivity (Wildman–Crippen MR) is 67.4 cm³/mol. The van der Waals surface area contributed by atoms with Crippen LogP contribution in [0.4, 0.5) is 5.82 Å². The molecule has 0 amide bonds. The monoisotopic (exact) mass is 252 g/mol. The van der Waals surface area contributed by atoms with Gasteiger partial charge in [0.05, 0.1) is 12.1 Å². The Hall–Kier alpha value is -1.68. The largest absolute Gasteiger partial charge is 0.496 e. The van der Waals surface area contributed by atoms with E-state index in [0.29, 0.717) is 16.6 Å². The van der Waals surface area contributed by atoms with Crippen LogP contribution in [0.3, 0.4) is 0 Å². The first-order chi connectivity index (χ1) is 8.04. The van der Waals surface area contributed by atoms with Crippen LogP contribution in [0.5, 0.6) is 5.75 Å². The third kappa shape index (κ3) is 1.96. The van der Waals surface area contributed by atoms with Crippen LogP contribution in [0.2, 0.25) is 5.02 Å². The number of benzene rings is 1. The number of halogens is 1. The fraction of sp³-hybridized carbons (Fsp3) is 0.250. The molecule has 0 aliphatic heterocycles. The Morgan fingerprint density at radius 1 is 1.35 bits per heavy atom. The van der Waals surface area contributed by atoms with Crippen molar-refractivity contribution in [3.05, 3.63) is 28.3 Å². The highest BCUT2D eigenvalue weighted by Crippen LogP contribution is 2.38. The van der Waals surface area contributed by atoms with Gasteiger partial charge in [0.2, 0.25) is 0 Å². The van der Waals surface area contributed by atoms with E-state index < -0.39 is 0 Å². The lowest BCUT2D eigenvalue weighted by atomic mass is 10.0. The number of nitrogen functional groups attached to an aromatic ring is 1. The molecular weight excluding hydrogens is 240 g/mol. The summed E-state index contributed by atoms with van der Waals surface area (Å²) < 4.78 is 10.5. The van der Waals surface area contributed by atoms with E-state index in [0.717, 1.165) is 22.4 Å². The van der Waals surface area contributed by atoms with Gasteiger partial charge in [0.25, 0.3) is 0 Å². The van der Waals surface area contributed by atoms with Crippen molar-refractivity contribution < 1.29 is 9.26 Å². The van der Waals surface area contributed by atoms with Crippen molar-refractivity contribution in [2.75, 3.05) is 12.8 Å². The van der Waals surface area contributed by atoms with Gasteiger partial charge in [-0.25, -0.2) is 0 Å². The number of ether oxygens (including phenoxy) is 1. The number of anilines is 1. The van der Waals surface area contributed by atoms with Crippen LogP contribution < -0.4 is 10.5 Å². The molecule has 0 spiro atoms. The second-order valence-corrected chi connectivity index (χ2v) is 4.23. The standard InChI is InChI=1S/C12H13ClN2O2/c1-6-4-8(13)11(7(2)12(6)16-3)9-5-10(14)15-17-9/h4-5H,1-3H3,(H2,14,15). The summed E-state index contributed by atoms with van der Waals surface area (Å²) in [5, 5.41) is 4.25. The van der Waals surface area contributed by atoms with E-state index in [1.807, 2.05) is 19.9 Å². The molecule has 0 fully saturated rings. The van der Waals surface area contributed by atoms with E-state index in [-0.39, 0.29) is 0 Å². The maximum Gasteiger partial charge on any atom is 0.170 e. The van der Waals surface area contributed by atoms with Crippen molar-refractivity contribution in [1.29, 1.82) is 0 Å². The summed E-state index contributed by atoms with van der Waals surface area (Å²) in [5.74, 6) is 1.66. The van der Waals surface area contributed by atoms with E-state index in [1.165, 1.54) is 0 Å². The molecule has 2 aromatic rings. The molecule has 0 radical (unpaired) electrons. The number of aromatic nitrogens is 1. The molecule has 17 heavy (non-hydrogen) atoms. The number of nitrogens with zero attached hydrogens (tertiary/aromatic N) is 1. The fourth-order valence-electron chi connectivity index (χ4n) is 1.94. The summed E-state index contributed by atoms with van der Waals surface area (Å²) in [7, 11) is 1.63. The average molecular weight is 253 g/mol. The lowest BCUT2D eigenvalue weighted by molar-refractivity contribution is 0.407. The SMILES string of the molecule is COc1c(C)cc(Cl)c(-c2cc(N)no2)c1C. The van der Waals surface area contributed by atoms with Crippen LogP contribution in [-0.4, -0.2) is 12.3 Å². The van der Waals surface area contributed by atoms with Gasteiger partial charge in [-0.2, -0.15) is 0 Å². The second kappa shape index (κ2) is 4.30. The maximum absolute atomic E-state index is 6.22. The topological polar surface area (TPSA) is 61.3 Å². The molecule has 0 unspecified atom stereocenters. The molecule has 4 nitrogen and oxygen atoms in total. The lowest BCUT2D eigenvalue weighted by Crippen LogP contribution is -1.94. The molecule has 0 saturated carbocycles. The van der Waals surface area contributed by atoms with Gasteiger partial charge in [-0.3, -0.25) is 0 Å². The molecule has 1 heterocycles. The first-order valence-corrected chi connectivity index (χ1v) is 5.48. The summed E-state index contributed by atoms with van der Waals surface area (Å²) in [4.78, 5) is 0. The number of aryl methyl sites for hydroxylation is 1. The first-order valence-electron chi connectivity index (χ1n) is 5.11.